The highest BCUT2D eigenvalue weighted by atomic mass is 19.3. The number of alkyl halides is 2. The van der Waals surface area contributed by atoms with Crippen molar-refractivity contribution >= 4 is 67.6 Å². The molecule has 6 aromatic rings. The van der Waals surface area contributed by atoms with Crippen LogP contribution in [0.15, 0.2) is 60.7 Å². The Kier molecular flexibility index (Phi) is 11.7. The second-order valence-electron chi connectivity index (χ2n) is 17.0. The van der Waals surface area contributed by atoms with Crippen molar-refractivity contribution in [3.8, 4) is 11.1 Å². The van der Waals surface area contributed by atoms with Crippen molar-refractivity contribution in [1.29, 1.82) is 0 Å². The number of hydrogen-bond acceptors (Lipinski definition) is 8. The minimum atomic E-state index is -2.95. The molecule has 0 aliphatic carbocycles. The SMILES string of the molecule is COC(=O)N[C@H](C(=O)N1CCC[C@H]1c1nc2ccc3cc(-c4ccc5c(ccc6nc([C@@H]7C[C@H](COC(F)F)CN7C(=O)[C@@H](NC(=O)O)C(C)C)[nH]c65)c4)ccc3c2[nH]1)C(C)C. The van der Waals surface area contributed by atoms with Crippen molar-refractivity contribution < 1.29 is 42.5 Å². The monoisotopic (exact) mass is 852 g/mol. The van der Waals surface area contributed by atoms with Gasteiger partial charge in [0.05, 0.1) is 47.9 Å². The van der Waals surface area contributed by atoms with Crippen LogP contribution in [0, 0.1) is 17.8 Å². The fourth-order valence-electron chi connectivity index (χ4n) is 9.11. The lowest BCUT2D eigenvalue weighted by Gasteiger charge is -2.29. The molecule has 17 heteroatoms. The Hall–Kier alpha value is -6.36. The van der Waals surface area contributed by atoms with Crippen molar-refractivity contribution in [3.63, 3.8) is 0 Å². The third-order valence-corrected chi connectivity index (χ3v) is 12.2. The van der Waals surface area contributed by atoms with Crippen molar-refractivity contribution in [2.24, 2.45) is 17.8 Å². The van der Waals surface area contributed by atoms with Gasteiger partial charge in [0, 0.05) is 29.8 Å². The number of halogens is 2. The Morgan fingerprint density at radius 1 is 0.790 bits per heavy atom. The molecule has 2 aliphatic rings. The van der Waals surface area contributed by atoms with E-state index in [0.29, 0.717) is 30.1 Å². The zero-order valence-corrected chi connectivity index (χ0v) is 35.1. The molecule has 0 spiro atoms. The van der Waals surface area contributed by atoms with Crippen LogP contribution in [0.2, 0.25) is 0 Å². The highest BCUT2D eigenvalue weighted by Crippen LogP contribution is 2.39. The molecule has 5 atom stereocenters. The molecule has 8 rings (SSSR count). The fraction of sp³-hybridized carbons (Fsp3) is 0.422. The molecule has 4 amide bonds. The summed E-state index contributed by atoms with van der Waals surface area (Å²) in [6, 6.07) is 17.7. The first-order chi connectivity index (χ1) is 29.7. The van der Waals surface area contributed by atoms with Crippen LogP contribution in [0.4, 0.5) is 18.4 Å². The summed E-state index contributed by atoms with van der Waals surface area (Å²) in [7, 11) is 1.28. The third-order valence-electron chi connectivity index (χ3n) is 12.2. The number of fused-ring (bicyclic) bond motifs is 6. The lowest BCUT2D eigenvalue weighted by Crippen LogP contribution is -2.51. The number of hydrogen-bond donors (Lipinski definition) is 5. The lowest BCUT2D eigenvalue weighted by molar-refractivity contribution is -0.139. The number of ether oxygens (including phenoxy) is 2. The van der Waals surface area contributed by atoms with Crippen LogP contribution < -0.4 is 10.6 Å². The van der Waals surface area contributed by atoms with Crippen LogP contribution in [0.5, 0.6) is 0 Å². The topological polar surface area (TPSA) is 195 Å². The number of rotatable bonds is 12. The number of carboxylic acid groups (broad SMARTS) is 1. The van der Waals surface area contributed by atoms with E-state index in [9.17, 15) is 33.1 Å². The first-order valence-electron chi connectivity index (χ1n) is 20.9. The average Bonchev–Trinajstić information content (AvgIpc) is 4.08. The summed E-state index contributed by atoms with van der Waals surface area (Å²) in [5.74, 6) is -0.350. The number of nitrogens with one attached hydrogen (secondary N) is 4. The number of H-pyrrole nitrogens is 2. The molecule has 2 aliphatic heterocycles. The van der Waals surface area contributed by atoms with Gasteiger partial charge >= 0.3 is 18.8 Å². The normalized spacial score (nSPS) is 19.1. The zero-order valence-electron chi connectivity index (χ0n) is 35.1. The van der Waals surface area contributed by atoms with Gasteiger partial charge in [0.15, 0.2) is 0 Å². The minimum absolute atomic E-state index is 0.108. The summed E-state index contributed by atoms with van der Waals surface area (Å²) in [4.78, 5) is 71.3. The number of carbonyl (C=O) groups is 4. The van der Waals surface area contributed by atoms with Crippen LogP contribution in [-0.4, -0.2) is 104 Å². The Balaban J connectivity index is 1.06. The maximum Gasteiger partial charge on any atom is 0.407 e. The van der Waals surface area contributed by atoms with Crippen molar-refractivity contribution in [3.05, 3.63) is 72.3 Å². The van der Waals surface area contributed by atoms with Gasteiger partial charge in [-0.1, -0.05) is 64.1 Å². The molecule has 0 radical (unpaired) electrons. The first-order valence-corrected chi connectivity index (χ1v) is 20.9. The van der Waals surface area contributed by atoms with E-state index in [4.69, 9.17) is 14.7 Å². The van der Waals surface area contributed by atoms with Gasteiger partial charge in [0.1, 0.15) is 23.7 Å². The van der Waals surface area contributed by atoms with Crippen molar-refractivity contribution in [1.82, 2.24) is 40.4 Å². The summed E-state index contributed by atoms with van der Waals surface area (Å²) < 4.78 is 35.5. The quantitative estimate of drug-likeness (QED) is 0.0814. The maximum atomic E-state index is 13.8. The molecular formula is C45H50F2N8O7. The van der Waals surface area contributed by atoms with E-state index in [1.807, 2.05) is 50.2 Å². The number of amides is 4. The number of carbonyl (C=O) groups excluding carboxylic acids is 3. The van der Waals surface area contributed by atoms with E-state index in [0.717, 1.165) is 62.1 Å². The first kappa shape index (κ1) is 42.3. The molecule has 2 saturated heterocycles. The molecule has 0 unspecified atom stereocenters. The van der Waals surface area contributed by atoms with E-state index in [-0.39, 0.29) is 36.9 Å². The highest BCUT2D eigenvalue weighted by molar-refractivity contribution is 6.07. The summed E-state index contributed by atoms with van der Waals surface area (Å²) >= 11 is 0. The Morgan fingerprint density at radius 3 is 1.87 bits per heavy atom. The van der Waals surface area contributed by atoms with E-state index >= 15 is 0 Å². The van der Waals surface area contributed by atoms with Gasteiger partial charge in [-0.15, -0.1) is 0 Å². The van der Waals surface area contributed by atoms with Crippen LogP contribution in [-0.2, 0) is 19.1 Å². The maximum absolute atomic E-state index is 13.8. The second-order valence-corrected chi connectivity index (χ2v) is 17.0. The summed E-state index contributed by atoms with van der Waals surface area (Å²) in [6.45, 7) is 4.71. The van der Waals surface area contributed by atoms with Crippen LogP contribution in [0.25, 0.3) is 54.7 Å². The van der Waals surface area contributed by atoms with Gasteiger partial charge in [-0.25, -0.2) is 19.6 Å². The fourth-order valence-corrected chi connectivity index (χ4v) is 9.11. The Bertz CT molecular complexity index is 2680. The van der Waals surface area contributed by atoms with Crippen molar-refractivity contribution in [2.75, 3.05) is 26.8 Å². The van der Waals surface area contributed by atoms with Gasteiger partial charge in [0.25, 0.3) is 0 Å². The van der Waals surface area contributed by atoms with E-state index < -0.39 is 48.7 Å². The van der Waals surface area contributed by atoms with Gasteiger partial charge in [-0.3, -0.25) is 9.59 Å². The molecule has 4 heterocycles. The zero-order chi connectivity index (χ0) is 44.0. The average molecular weight is 853 g/mol. The Labute approximate surface area is 355 Å². The number of benzene rings is 4. The Morgan fingerprint density at radius 2 is 1.34 bits per heavy atom. The molecule has 326 valence electrons. The molecule has 2 aromatic heterocycles. The van der Waals surface area contributed by atoms with E-state index in [2.05, 4.69) is 49.6 Å². The predicted octanol–water partition coefficient (Wildman–Crippen LogP) is 7.88. The van der Waals surface area contributed by atoms with Gasteiger partial charge < -0.3 is 45.0 Å². The van der Waals surface area contributed by atoms with E-state index in [1.165, 1.54) is 12.0 Å². The number of likely N-dealkylation sites (tertiary alicyclic amines) is 2. The van der Waals surface area contributed by atoms with Gasteiger partial charge in [0.2, 0.25) is 11.8 Å². The second kappa shape index (κ2) is 17.2. The molecule has 2 fully saturated rings. The number of aromatic amines is 2. The third kappa shape index (κ3) is 8.20. The molecule has 0 saturated carbocycles. The van der Waals surface area contributed by atoms with Crippen molar-refractivity contribution in [2.45, 2.75) is 77.7 Å². The summed E-state index contributed by atoms with van der Waals surface area (Å²) in [5, 5.41) is 18.3. The lowest BCUT2D eigenvalue weighted by atomic mass is 9.98. The summed E-state index contributed by atoms with van der Waals surface area (Å²) in [6.07, 6.45) is -0.113. The van der Waals surface area contributed by atoms with Crippen LogP contribution in [0.3, 0.4) is 0 Å². The molecule has 5 N–H and O–H groups in total. The van der Waals surface area contributed by atoms with E-state index in [1.54, 1.807) is 18.7 Å². The molecule has 62 heavy (non-hydrogen) atoms. The number of aromatic nitrogens is 4. The largest absolute Gasteiger partial charge is 0.465 e. The van der Waals surface area contributed by atoms with Crippen LogP contribution >= 0.6 is 0 Å². The molecule has 0 bridgehead atoms. The molecule has 4 aromatic carbocycles. The number of imidazole rings is 2. The van der Waals surface area contributed by atoms with Gasteiger partial charge in [-0.05, 0) is 77.3 Å². The predicted molar refractivity (Wildman–Crippen MR) is 228 cm³/mol. The minimum Gasteiger partial charge on any atom is -0.465 e. The number of alkyl carbamates (subject to hydrolysis) is 1. The number of methoxy groups -OCH3 is 1. The standard InChI is InChI=1S/C45H50F2N8O7/c1-22(2)35(52-44(58)59)42(57)55-20-24(21-62-43(46)47)17-34(55)40-49-32-15-11-28-19-26(9-13-30(28)38(32)51-40)25-8-12-29-27(18-25)10-14-31-37(29)50-39(48-31)33-7-6-16-54(33)41(56)36(23(3)4)53-45(60)61-5/h8-15,18-19,22-24,33-36,43,52H,6-7,16-17,20-21H2,1-5H3,(H,48,50)(H,49,51)(H,53,60)(H,58,59)/t24-,33-,34-,35-,36-/m0/s1. The van der Waals surface area contributed by atoms with Gasteiger partial charge in [-0.2, -0.15) is 8.78 Å². The smallest absolute Gasteiger partial charge is 0.407 e. The summed E-state index contributed by atoms with van der Waals surface area (Å²) in [5.41, 5.74) is 5.08. The highest BCUT2D eigenvalue weighted by Gasteiger charge is 2.42. The van der Waals surface area contributed by atoms with Crippen LogP contribution in [0.1, 0.15) is 70.7 Å². The molecule has 15 nitrogen and oxygen atoms in total. The number of nitrogens with zero attached hydrogens (tertiary/aromatic N) is 4. The molecular weight excluding hydrogens is 803 g/mol.